The topological polar surface area (TPSA) is 38.0 Å². The van der Waals surface area contributed by atoms with Gasteiger partial charge in [-0.25, -0.2) is 8.78 Å². The van der Waals surface area contributed by atoms with Crippen LogP contribution in [0, 0.1) is 11.6 Å². The summed E-state index contributed by atoms with van der Waals surface area (Å²) in [5, 5.41) is 2.36. The van der Waals surface area contributed by atoms with E-state index in [9.17, 15) is 13.6 Å². The van der Waals surface area contributed by atoms with E-state index < -0.39 is 11.6 Å². The third kappa shape index (κ3) is 4.84. The molecule has 0 atom stereocenters. The lowest BCUT2D eigenvalue weighted by atomic mass is 10.2. The van der Waals surface area contributed by atoms with Crippen LogP contribution in [-0.4, -0.2) is 38.6 Å². The molecule has 2 aromatic rings. The van der Waals surface area contributed by atoms with E-state index in [1.807, 2.05) is 18.2 Å². The number of para-hydroxylation sites is 1. The van der Waals surface area contributed by atoms with Gasteiger partial charge in [0.05, 0.1) is 0 Å². The van der Waals surface area contributed by atoms with E-state index in [0.717, 1.165) is 49.8 Å². The van der Waals surface area contributed by atoms with Gasteiger partial charge in [0.1, 0.15) is 50.0 Å². The minimum atomic E-state index is -0.750. The molecule has 0 spiro atoms. The zero-order chi connectivity index (χ0) is 17.6. The lowest BCUT2D eigenvalue weighted by Crippen LogP contribution is -3.28. The zero-order valence-corrected chi connectivity index (χ0v) is 14.0. The molecule has 1 amide bonds. The third-order valence-corrected chi connectivity index (χ3v) is 4.60. The molecule has 0 saturated carbocycles. The van der Waals surface area contributed by atoms with Crippen LogP contribution in [0.5, 0.6) is 0 Å². The Bertz CT molecular complexity index is 696. The number of halogens is 2. The fourth-order valence-electron chi connectivity index (χ4n) is 3.22. The largest absolute Gasteiger partial charge is 0.322 e. The number of carbonyl (C=O) groups excluding carboxylic acids is 1. The summed E-state index contributed by atoms with van der Waals surface area (Å²) in [6, 6.07) is 13.9. The van der Waals surface area contributed by atoms with Gasteiger partial charge in [0.25, 0.3) is 5.91 Å². The maximum absolute atomic E-state index is 13.6. The van der Waals surface area contributed by atoms with Crippen LogP contribution in [0.3, 0.4) is 0 Å². The summed E-state index contributed by atoms with van der Waals surface area (Å²) in [6.45, 7) is 4.91. The average Bonchev–Trinajstić information content (AvgIpc) is 2.61. The summed E-state index contributed by atoms with van der Waals surface area (Å²) in [7, 11) is 0. The molecule has 0 unspecified atom stereocenters. The zero-order valence-electron chi connectivity index (χ0n) is 14.0. The van der Waals surface area contributed by atoms with Gasteiger partial charge in [-0.05, 0) is 12.1 Å². The number of nitrogens with one attached hydrogen (secondary N) is 3. The summed E-state index contributed by atoms with van der Waals surface area (Å²) in [6.07, 6.45) is 0. The highest BCUT2D eigenvalue weighted by molar-refractivity contribution is 5.91. The Morgan fingerprint density at radius 3 is 2.12 bits per heavy atom. The number of quaternary nitrogens is 2. The van der Waals surface area contributed by atoms with Gasteiger partial charge in [-0.2, -0.15) is 0 Å². The van der Waals surface area contributed by atoms with E-state index in [1.54, 1.807) is 0 Å². The molecule has 0 aromatic heterocycles. The number of carbonyl (C=O) groups is 1. The highest BCUT2D eigenvalue weighted by Gasteiger charge is 2.25. The predicted octanol–water partition coefficient (Wildman–Crippen LogP) is -0.113. The summed E-state index contributed by atoms with van der Waals surface area (Å²) >= 11 is 0. The van der Waals surface area contributed by atoms with Crippen LogP contribution < -0.4 is 15.1 Å². The number of rotatable bonds is 5. The molecule has 1 saturated heterocycles. The summed E-state index contributed by atoms with van der Waals surface area (Å²) in [4.78, 5) is 14.7. The molecule has 25 heavy (non-hydrogen) atoms. The van der Waals surface area contributed by atoms with Crippen LogP contribution in [0.15, 0.2) is 48.5 Å². The van der Waals surface area contributed by atoms with Crippen LogP contribution in [0.25, 0.3) is 0 Å². The minimum absolute atomic E-state index is 0.229. The van der Waals surface area contributed by atoms with Crippen molar-refractivity contribution in [3.63, 3.8) is 0 Å². The van der Waals surface area contributed by atoms with Crippen molar-refractivity contribution >= 4 is 11.6 Å². The molecule has 1 aliphatic rings. The number of hydrogen-bond donors (Lipinski definition) is 3. The first-order chi connectivity index (χ1) is 12.1. The monoisotopic (exact) mass is 347 g/mol. The van der Waals surface area contributed by atoms with Gasteiger partial charge in [-0.1, -0.05) is 36.4 Å². The Kier molecular flexibility index (Phi) is 5.73. The summed E-state index contributed by atoms with van der Waals surface area (Å²) in [5.41, 5.74) is 0.953. The van der Waals surface area contributed by atoms with Gasteiger partial charge < -0.3 is 15.1 Å². The quantitative estimate of drug-likeness (QED) is 0.694. The van der Waals surface area contributed by atoms with Gasteiger partial charge in [0.2, 0.25) is 0 Å². The number of benzene rings is 2. The van der Waals surface area contributed by atoms with E-state index in [4.69, 9.17) is 0 Å². The Hall–Kier alpha value is -2.31. The van der Waals surface area contributed by atoms with Gasteiger partial charge in [0, 0.05) is 5.56 Å². The predicted molar refractivity (Wildman–Crippen MR) is 91.4 cm³/mol. The second-order valence-corrected chi connectivity index (χ2v) is 6.48. The molecule has 1 aliphatic heterocycles. The van der Waals surface area contributed by atoms with E-state index in [-0.39, 0.29) is 18.1 Å². The molecule has 4 nitrogen and oxygen atoms in total. The Morgan fingerprint density at radius 1 is 0.880 bits per heavy atom. The van der Waals surface area contributed by atoms with Crippen molar-refractivity contribution in [3.05, 3.63) is 65.7 Å². The molecule has 0 bridgehead atoms. The Balaban J connectivity index is 1.46. The van der Waals surface area contributed by atoms with Crippen molar-refractivity contribution in [3.8, 4) is 0 Å². The maximum Gasteiger partial charge on any atom is 0.279 e. The number of anilines is 1. The first-order valence-corrected chi connectivity index (χ1v) is 8.57. The molecule has 0 radical (unpaired) electrons. The number of amides is 1. The Labute approximate surface area is 146 Å². The second-order valence-electron chi connectivity index (χ2n) is 6.48. The Morgan fingerprint density at radius 2 is 1.48 bits per heavy atom. The van der Waals surface area contributed by atoms with Gasteiger partial charge >= 0.3 is 0 Å². The van der Waals surface area contributed by atoms with Gasteiger partial charge in [-0.3, -0.25) is 4.79 Å². The average molecular weight is 347 g/mol. The van der Waals surface area contributed by atoms with Crippen molar-refractivity contribution < 1.29 is 23.4 Å². The first-order valence-electron chi connectivity index (χ1n) is 8.57. The minimum Gasteiger partial charge on any atom is -0.322 e. The van der Waals surface area contributed by atoms with Crippen molar-refractivity contribution in [1.82, 2.24) is 0 Å². The fourth-order valence-corrected chi connectivity index (χ4v) is 3.22. The van der Waals surface area contributed by atoms with Crippen molar-refractivity contribution in [2.24, 2.45) is 0 Å². The molecule has 3 N–H and O–H groups in total. The molecule has 1 heterocycles. The van der Waals surface area contributed by atoms with E-state index in [2.05, 4.69) is 17.4 Å². The standard InChI is InChI=1S/C19H21F2N3O/c20-16-7-4-8-17(21)19(16)22-18(25)14-24-11-9-23(10-12-24)13-15-5-2-1-3-6-15/h1-8H,9-14H2,(H,22,25)/p+2. The third-order valence-electron chi connectivity index (χ3n) is 4.60. The molecule has 1 fully saturated rings. The first kappa shape index (κ1) is 17.5. The van der Waals surface area contributed by atoms with Crippen LogP contribution >= 0.6 is 0 Å². The molecular formula is C19H23F2N3O+2. The highest BCUT2D eigenvalue weighted by atomic mass is 19.1. The molecule has 2 aromatic carbocycles. The number of piperazine rings is 1. The van der Waals surface area contributed by atoms with E-state index in [0.29, 0.717) is 0 Å². The van der Waals surface area contributed by atoms with Crippen molar-refractivity contribution in [1.29, 1.82) is 0 Å². The lowest BCUT2D eigenvalue weighted by molar-refractivity contribution is -1.02. The van der Waals surface area contributed by atoms with Gasteiger partial charge in [-0.15, -0.1) is 0 Å². The highest BCUT2D eigenvalue weighted by Crippen LogP contribution is 2.17. The van der Waals surface area contributed by atoms with Gasteiger partial charge in [0.15, 0.2) is 6.54 Å². The van der Waals surface area contributed by atoms with Crippen LogP contribution in [0.1, 0.15) is 5.56 Å². The molecule has 6 heteroatoms. The summed E-state index contributed by atoms with van der Waals surface area (Å²) in [5.74, 6) is -1.86. The van der Waals surface area contributed by atoms with E-state index >= 15 is 0 Å². The molecule has 0 aliphatic carbocycles. The molecule has 132 valence electrons. The molecule has 3 rings (SSSR count). The van der Waals surface area contributed by atoms with Crippen LogP contribution in [0.4, 0.5) is 14.5 Å². The normalized spacial score (nSPS) is 20.2. The van der Waals surface area contributed by atoms with Crippen molar-refractivity contribution in [2.75, 3.05) is 38.0 Å². The fraction of sp³-hybridized carbons (Fsp3) is 0.316. The lowest BCUT2D eigenvalue weighted by Gasteiger charge is -2.29. The second kappa shape index (κ2) is 8.18. The smallest absolute Gasteiger partial charge is 0.279 e. The summed E-state index contributed by atoms with van der Waals surface area (Å²) < 4.78 is 27.2. The van der Waals surface area contributed by atoms with Crippen LogP contribution in [-0.2, 0) is 11.3 Å². The maximum atomic E-state index is 13.6. The van der Waals surface area contributed by atoms with Crippen LogP contribution in [0.2, 0.25) is 0 Å². The van der Waals surface area contributed by atoms with Crippen molar-refractivity contribution in [2.45, 2.75) is 6.54 Å². The van der Waals surface area contributed by atoms with E-state index in [1.165, 1.54) is 16.5 Å². The SMILES string of the molecule is O=C(C[NH+]1CC[NH+](Cc2ccccc2)CC1)Nc1c(F)cccc1F. The number of hydrogen-bond acceptors (Lipinski definition) is 1. The molecular weight excluding hydrogens is 324 g/mol.